The van der Waals surface area contributed by atoms with Crippen LogP contribution in [-0.2, 0) is 10.2 Å². The van der Waals surface area contributed by atoms with Crippen LogP contribution in [0.25, 0.3) is 0 Å². The topological polar surface area (TPSA) is 107 Å². The van der Waals surface area contributed by atoms with Gasteiger partial charge in [0.25, 0.3) is 0 Å². The number of nitrogens with one attached hydrogen (secondary N) is 1. The standard InChI is InChI=1S/C10H17N5O/c1-10(2,3)9-14-6(11)4-8(15-9)13-5-7(12)16/h4H,5H2,1-3H3,(H2,12,16)(H3,11,13,14,15). The number of amides is 1. The highest BCUT2D eigenvalue weighted by Gasteiger charge is 2.18. The van der Waals surface area contributed by atoms with Crippen LogP contribution in [0.2, 0.25) is 0 Å². The van der Waals surface area contributed by atoms with Gasteiger partial charge >= 0.3 is 0 Å². The van der Waals surface area contributed by atoms with Gasteiger partial charge in [-0.15, -0.1) is 0 Å². The van der Waals surface area contributed by atoms with E-state index in [2.05, 4.69) is 15.3 Å². The van der Waals surface area contributed by atoms with E-state index in [-0.39, 0.29) is 12.0 Å². The van der Waals surface area contributed by atoms with Gasteiger partial charge in [-0.2, -0.15) is 0 Å². The van der Waals surface area contributed by atoms with Crippen molar-refractivity contribution in [2.75, 3.05) is 17.6 Å². The third kappa shape index (κ3) is 3.38. The first-order valence-electron chi connectivity index (χ1n) is 4.96. The van der Waals surface area contributed by atoms with Crippen molar-refractivity contribution in [2.24, 2.45) is 5.73 Å². The zero-order chi connectivity index (χ0) is 12.3. The molecular weight excluding hydrogens is 206 g/mol. The molecule has 0 unspecified atom stereocenters. The summed E-state index contributed by atoms with van der Waals surface area (Å²) in [4.78, 5) is 19.0. The number of hydrogen-bond acceptors (Lipinski definition) is 5. The van der Waals surface area contributed by atoms with Crippen LogP contribution in [-0.4, -0.2) is 22.4 Å². The van der Waals surface area contributed by atoms with E-state index in [1.54, 1.807) is 6.07 Å². The number of rotatable bonds is 3. The number of primary amides is 1. The van der Waals surface area contributed by atoms with Gasteiger partial charge in [0.1, 0.15) is 17.5 Å². The van der Waals surface area contributed by atoms with Crippen LogP contribution in [0.1, 0.15) is 26.6 Å². The summed E-state index contributed by atoms with van der Waals surface area (Å²) < 4.78 is 0. The summed E-state index contributed by atoms with van der Waals surface area (Å²) >= 11 is 0. The summed E-state index contributed by atoms with van der Waals surface area (Å²) in [5.41, 5.74) is 10.5. The van der Waals surface area contributed by atoms with Crippen molar-refractivity contribution in [1.29, 1.82) is 0 Å². The summed E-state index contributed by atoms with van der Waals surface area (Å²) in [7, 11) is 0. The lowest BCUT2D eigenvalue weighted by molar-refractivity contribution is -0.116. The fraction of sp³-hybridized carbons (Fsp3) is 0.500. The maximum absolute atomic E-state index is 10.6. The van der Waals surface area contributed by atoms with Gasteiger partial charge in [-0.3, -0.25) is 4.79 Å². The number of carbonyl (C=O) groups excluding carboxylic acids is 1. The Balaban J connectivity index is 2.94. The van der Waals surface area contributed by atoms with Crippen molar-refractivity contribution in [3.63, 3.8) is 0 Å². The Bertz CT molecular complexity index is 397. The second-order valence-corrected chi connectivity index (χ2v) is 4.57. The minimum Gasteiger partial charge on any atom is -0.384 e. The molecule has 1 rings (SSSR count). The number of anilines is 2. The van der Waals surface area contributed by atoms with Gasteiger partial charge in [0.15, 0.2) is 0 Å². The lowest BCUT2D eigenvalue weighted by Crippen LogP contribution is -2.24. The molecule has 0 radical (unpaired) electrons. The quantitative estimate of drug-likeness (QED) is 0.681. The van der Waals surface area contributed by atoms with Gasteiger partial charge in [0.05, 0.1) is 6.54 Å². The van der Waals surface area contributed by atoms with Crippen LogP contribution in [0.3, 0.4) is 0 Å². The van der Waals surface area contributed by atoms with E-state index in [1.165, 1.54) is 0 Å². The average molecular weight is 223 g/mol. The molecule has 6 heteroatoms. The highest BCUT2D eigenvalue weighted by Crippen LogP contribution is 2.20. The van der Waals surface area contributed by atoms with Gasteiger partial charge in [-0.25, -0.2) is 9.97 Å². The van der Waals surface area contributed by atoms with E-state index in [1.807, 2.05) is 20.8 Å². The van der Waals surface area contributed by atoms with Crippen molar-refractivity contribution in [3.8, 4) is 0 Å². The number of nitrogen functional groups attached to an aromatic ring is 1. The van der Waals surface area contributed by atoms with Crippen LogP contribution in [0, 0.1) is 0 Å². The van der Waals surface area contributed by atoms with E-state index in [0.717, 1.165) is 0 Å². The first-order valence-corrected chi connectivity index (χ1v) is 4.96. The maximum Gasteiger partial charge on any atom is 0.236 e. The zero-order valence-corrected chi connectivity index (χ0v) is 9.74. The molecule has 1 amide bonds. The lowest BCUT2D eigenvalue weighted by atomic mass is 9.96. The van der Waals surface area contributed by atoms with Crippen molar-refractivity contribution in [3.05, 3.63) is 11.9 Å². The van der Waals surface area contributed by atoms with Gasteiger partial charge in [0, 0.05) is 11.5 Å². The molecule has 5 N–H and O–H groups in total. The number of carbonyl (C=O) groups is 1. The molecular formula is C10H17N5O. The van der Waals surface area contributed by atoms with Crippen LogP contribution >= 0.6 is 0 Å². The van der Waals surface area contributed by atoms with Crippen molar-refractivity contribution < 1.29 is 4.79 Å². The molecule has 88 valence electrons. The summed E-state index contributed by atoms with van der Waals surface area (Å²) in [5, 5.41) is 2.79. The normalized spacial score (nSPS) is 11.2. The molecule has 1 aromatic rings. The third-order valence-corrected chi connectivity index (χ3v) is 1.86. The Hall–Kier alpha value is -1.85. The number of hydrogen-bond donors (Lipinski definition) is 3. The smallest absolute Gasteiger partial charge is 0.236 e. The number of nitrogens with two attached hydrogens (primary N) is 2. The third-order valence-electron chi connectivity index (χ3n) is 1.86. The van der Waals surface area contributed by atoms with Crippen molar-refractivity contribution in [2.45, 2.75) is 26.2 Å². The number of aromatic nitrogens is 2. The summed E-state index contributed by atoms with van der Waals surface area (Å²) in [5.74, 6) is 1.05. The Morgan fingerprint density at radius 1 is 1.44 bits per heavy atom. The van der Waals surface area contributed by atoms with E-state index in [9.17, 15) is 4.79 Å². The first-order chi connectivity index (χ1) is 7.29. The molecule has 0 saturated carbocycles. The monoisotopic (exact) mass is 223 g/mol. The molecule has 0 aliphatic rings. The van der Waals surface area contributed by atoms with Gasteiger partial charge < -0.3 is 16.8 Å². The molecule has 6 nitrogen and oxygen atoms in total. The molecule has 0 aromatic carbocycles. The van der Waals surface area contributed by atoms with Crippen molar-refractivity contribution in [1.82, 2.24) is 9.97 Å². The highest BCUT2D eigenvalue weighted by molar-refractivity contribution is 5.78. The summed E-state index contributed by atoms with van der Waals surface area (Å²) in [6, 6.07) is 1.57. The Morgan fingerprint density at radius 2 is 2.06 bits per heavy atom. The highest BCUT2D eigenvalue weighted by atomic mass is 16.1. The Morgan fingerprint density at radius 3 is 2.56 bits per heavy atom. The summed E-state index contributed by atoms with van der Waals surface area (Å²) in [6.07, 6.45) is 0. The van der Waals surface area contributed by atoms with E-state index in [0.29, 0.717) is 17.5 Å². The lowest BCUT2D eigenvalue weighted by Gasteiger charge is -2.17. The Labute approximate surface area is 94.5 Å². The second-order valence-electron chi connectivity index (χ2n) is 4.57. The van der Waals surface area contributed by atoms with Crippen molar-refractivity contribution >= 4 is 17.5 Å². The van der Waals surface area contributed by atoms with Crippen LogP contribution in [0.5, 0.6) is 0 Å². The van der Waals surface area contributed by atoms with Gasteiger partial charge in [0.2, 0.25) is 5.91 Å². The molecule has 0 atom stereocenters. The van der Waals surface area contributed by atoms with E-state index < -0.39 is 5.91 Å². The molecule has 0 aliphatic carbocycles. The molecule has 1 heterocycles. The first kappa shape index (κ1) is 12.2. The van der Waals surface area contributed by atoms with E-state index in [4.69, 9.17) is 11.5 Å². The molecule has 16 heavy (non-hydrogen) atoms. The molecule has 0 spiro atoms. The van der Waals surface area contributed by atoms with Gasteiger partial charge in [-0.05, 0) is 0 Å². The zero-order valence-electron chi connectivity index (χ0n) is 9.74. The minimum atomic E-state index is -0.450. The van der Waals surface area contributed by atoms with Crippen LogP contribution in [0.15, 0.2) is 6.07 Å². The maximum atomic E-state index is 10.6. The largest absolute Gasteiger partial charge is 0.384 e. The molecule has 1 aromatic heterocycles. The van der Waals surface area contributed by atoms with Crippen LogP contribution < -0.4 is 16.8 Å². The van der Waals surface area contributed by atoms with E-state index >= 15 is 0 Å². The average Bonchev–Trinajstić information content (AvgIpc) is 2.12. The predicted octanol–water partition coefficient (Wildman–Crippen LogP) is 0.254. The Kier molecular flexibility index (Phi) is 3.31. The molecule has 0 fully saturated rings. The fourth-order valence-electron chi connectivity index (χ4n) is 1.07. The SMILES string of the molecule is CC(C)(C)c1nc(N)cc(NCC(N)=O)n1. The predicted molar refractivity (Wildman–Crippen MR) is 62.8 cm³/mol. The van der Waals surface area contributed by atoms with Crippen LogP contribution in [0.4, 0.5) is 11.6 Å². The minimum absolute atomic E-state index is 0.0278. The second kappa shape index (κ2) is 4.34. The number of nitrogens with zero attached hydrogens (tertiary/aromatic N) is 2. The summed E-state index contributed by atoms with van der Waals surface area (Å²) in [6.45, 7) is 5.99. The fourth-order valence-corrected chi connectivity index (χ4v) is 1.07. The molecule has 0 saturated heterocycles. The molecule has 0 bridgehead atoms. The van der Waals surface area contributed by atoms with Gasteiger partial charge in [-0.1, -0.05) is 20.8 Å². The molecule has 0 aliphatic heterocycles.